The smallest absolute Gasteiger partial charge is 0.257 e. The number of hydrogen-bond donors (Lipinski definition) is 0. The van der Waals surface area contributed by atoms with Gasteiger partial charge in [0.15, 0.2) is 0 Å². The molecule has 28 heavy (non-hydrogen) atoms. The van der Waals surface area contributed by atoms with Gasteiger partial charge in [0.2, 0.25) is 11.7 Å². The molecule has 0 saturated carbocycles. The van der Waals surface area contributed by atoms with Crippen molar-refractivity contribution < 1.29 is 14.1 Å². The molecule has 3 aromatic rings. The van der Waals surface area contributed by atoms with Gasteiger partial charge in [-0.05, 0) is 49.3 Å². The lowest BCUT2D eigenvalue weighted by atomic mass is 9.94. The summed E-state index contributed by atoms with van der Waals surface area (Å²) in [5, 5.41) is 8.08. The third-order valence-corrected chi connectivity index (χ3v) is 5.62. The Balaban J connectivity index is 1.43. The van der Waals surface area contributed by atoms with E-state index in [4.69, 9.17) is 9.26 Å². The second kappa shape index (κ2) is 8.56. The van der Waals surface area contributed by atoms with E-state index in [1.807, 2.05) is 52.9 Å². The maximum Gasteiger partial charge on any atom is 0.257 e. The quantitative estimate of drug-likeness (QED) is 0.621. The molecule has 1 amide bonds. The van der Waals surface area contributed by atoms with E-state index in [1.165, 1.54) is 0 Å². The van der Waals surface area contributed by atoms with Crippen LogP contribution in [-0.2, 0) is 6.42 Å². The van der Waals surface area contributed by atoms with Crippen molar-refractivity contribution in [3.05, 3.63) is 52.5 Å². The Bertz CT molecular complexity index is 923. The van der Waals surface area contributed by atoms with Gasteiger partial charge in [-0.2, -0.15) is 16.3 Å². The van der Waals surface area contributed by atoms with Crippen molar-refractivity contribution in [1.82, 2.24) is 15.0 Å². The zero-order valence-electron chi connectivity index (χ0n) is 15.8. The Hall–Kier alpha value is -2.67. The number of likely N-dealkylation sites (tertiary alicyclic amines) is 1. The molecule has 3 heterocycles. The van der Waals surface area contributed by atoms with Gasteiger partial charge in [-0.25, -0.2) is 0 Å². The van der Waals surface area contributed by atoms with Gasteiger partial charge >= 0.3 is 0 Å². The molecule has 0 spiro atoms. The normalized spacial score (nSPS) is 16.9. The Labute approximate surface area is 168 Å². The maximum atomic E-state index is 13.0. The third kappa shape index (κ3) is 4.09. The molecular weight excluding hydrogens is 374 g/mol. The zero-order chi connectivity index (χ0) is 19.3. The van der Waals surface area contributed by atoms with Crippen molar-refractivity contribution in [3.63, 3.8) is 0 Å². The van der Waals surface area contributed by atoms with Crippen LogP contribution in [0.25, 0.3) is 11.4 Å². The molecule has 6 nitrogen and oxygen atoms in total. The summed E-state index contributed by atoms with van der Waals surface area (Å²) in [5.41, 5.74) is 1.61. The monoisotopic (exact) mass is 397 g/mol. The summed E-state index contributed by atoms with van der Waals surface area (Å²) in [6.45, 7) is 3.92. The molecule has 146 valence electrons. The van der Waals surface area contributed by atoms with Crippen LogP contribution in [-0.4, -0.2) is 40.6 Å². The average molecular weight is 398 g/mol. The molecule has 1 atom stereocenters. The zero-order valence-corrected chi connectivity index (χ0v) is 16.7. The molecule has 1 aliphatic heterocycles. The number of carbonyl (C=O) groups is 1. The van der Waals surface area contributed by atoms with Crippen LogP contribution in [0.3, 0.4) is 0 Å². The number of thiophene rings is 1. The van der Waals surface area contributed by atoms with Gasteiger partial charge in [0, 0.05) is 30.5 Å². The molecule has 1 fully saturated rings. The molecule has 1 unspecified atom stereocenters. The summed E-state index contributed by atoms with van der Waals surface area (Å²) in [4.78, 5) is 19.5. The van der Waals surface area contributed by atoms with Gasteiger partial charge in [0.1, 0.15) is 5.75 Å². The Kier molecular flexibility index (Phi) is 5.71. The third-order valence-electron chi connectivity index (χ3n) is 4.93. The molecule has 1 saturated heterocycles. The predicted octanol–water partition coefficient (Wildman–Crippen LogP) is 4.29. The molecule has 1 aliphatic rings. The van der Waals surface area contributed by atoms with Crippen LogP contribution in [0, 0.1) is 5.92 Å². The summed E-state index contributed by atoms with van der Waals surface area (Å²) in [6.07, 6.45) is 2.71. The first-order valence-electron chi connectivity index (χ1n) is 9.61. The van der Waals surface area contributed by atoms with Crippen molar-refractivity contribution in [1.29, 1.82) is 0 Å². The number of amides is 1. The molecule has 0 aliphatic carbocycles. The number of carbonyl (C=O) groups excluding carboxylic acids is 1. The van der Waals surface area contributed by atoms with E-state index in [9.17, 15) is 4.79 Å². The number of nitrogens with zero attached hydrogens (tertiary/aromatic N) is 3. The van der Waals surface area contributed by atoms with Crippen LogP contribution in [0.15, 0.2) is 45.6 Å². The minimum atomic E-state index is 0.0261. The highest BCUT2D eigenvalue weighted by Gasteiger charge is 2.27. The standard InChI is InChI=1S/C21H23N3O3S/c1-2-26-18-8-4-3-7-17(18)21(25)24-10-5-6-15(13-24)12-19-22-20(23-27-19)16-9-11-28-14-16/h3-4,7-9,11,14-15H,2,5-6,10,12-13H2,1H3. The second-order valence-electron chi connectivity index (χ2n) is 6.92. The minimum absolute atomic E-state index is 0.0261. The molecule has 2 aromatic heterocycles. The van der Waals surface area contributed by atoms with Crippen LogP contribution in [0.2, 0.25) is 0 Å². The lowest BCUT2D eigenvalue weighted by Gasteiger charge is -2.32. The Morgan fingerprint density at radius 3 is 3.07 bits per heavy atom. The first-order chi connectivity index (χ1) is 13.7. The van der Waals surface area contributed by atoms with Crippen molar-refractivity contribution >= 4 is 17.2 Å². The predicted molar refractivity (Wildman–Crippen MR) is 108 cm³/mol. The summed E-state index contributed by atoms with van der Waals surface area (Å²) >= 11 is 1.61. The van der Waals surface area contributed by atoms with Crippen LogP contribution in [0.1, 0.15) is 36.0 Å². The Morgan fingerprint density at radius 1 is 1.36 bits per heavy atom. The second-order valence-corrected chi connectivity index (χ2v) is 7.70. The number of benzene rings is 1. The molecule has 0 N–H and O–H groups in total. The molecule has 1 aromatic carbocycles. The number of ether oxygens (including phenoxy) is 1. The number of aromatic nitrogens is 2. The topological polar surface area (TPSA) is 68.5 Å². The summed E-state index contributed by atoms with van der Waals surface area (Å²) in [6, 6.07) is 9.43. The van der Waals surface area contributed by atoms with Crippen molar-refractivity contribution in [2.75, 3.05) is 19.7 Å². The minimum Gasteiger partial charge on any atom is -0.493 e. The average Bonchev–Trinajstić information content (AvgIpc) is 3.40. The van der Waals surface area contributed by atoms with E-state index < -0.39 is 0 Å². The van der Waals surface area contributed by atoms with E-state index in [1.54, 1.807) is 11.3 Å². The van der Waals surface area contributed by atoms with Crippen molar-refractivity contribution in [2.24, 2.45) is 5.92 Å². The van der Waals surface area contributed by atoms with Crippen LogP contribution >= 0.6 is 11.3 Å². The van der Waals surface area contributed by atoms with E-state index in [0.717, 1.165) is 24.9 Å². The van der Waals surface area contributed by atoms with E-state index in [-0.39, 0.29) is 5.91 Å². The molecule has 0 bridgehead atoms. The van der Waals surface area contributed by atoms with E-state index in [2.05, 4.69) is 10.1 Å². The number of piperidine rings is 1. The Morgan fingerprint density at radius 2 is 2.25 bits per heavy atom. The fourth-order valence-electron chi connectivity index (χ4n) is 3.60. The largest absolute Gasteiger partial charge is 0.493 e. The molecule has 0 radical (unpaired) electrons. The molecular formula is C21H23N3O3S. The fourth-order valence-corrected chi connectivity index (χ4v) is 4.24. The number of hydrogen-bond acceptors (Lipinski definition) is 6. The lowest BCUT2D eigenvalue weighted by molar-refractivity contribution is 0.0664. The van der Waals surface area contributed by atoms with Crippen LogP contribution in [0.4, 0.5) is 0 Å². The van der Waals surface area contributed by atoms with E-state index >= 15 is 0 Å². The SMILES string of the molecule is CCOc1ccccc1C(=O)N1CCCC(Cc2nc(-c3ccsc3)no2)C1. The van der Waals surface area contributed by atoms with Gasteiger partial charge in [-0.3, -0.25) is 4.79 Å². The highest BCUT2D eigenvalue weighted by atomic mass is 32.1. The lowest BCUT2D eigenvalue weighted by Crippen LogP contribution is -2.40. The molecule has 7 heteroatoms. The van der Waals surface area contributed by atoms with Crippen molar-refractivity contribution in [3.8, 4) is 17.1 Å². The highest BCUT2D eigenvalue weighted by molar-refractivity contribution is 7.08. The van der Waals surface area contributed by atoms with Crippen molar-refractivity contribution in [2.45, 2.75) is 26.2 Å². The van der Waals surface area contributed by atoms with Gasteiger partial charge in [-0.1, -0.05) is 17.3 Å². The highest BCUT2D eigenvalue weighted by Crippen LogP contribution is 2.26. The van der Waals surface area contributed by atoms with Crippen LogP contribution in [0.5, 0.6) is 5.75 Å². The summed E-state index contributed by atoms with van der Waals surface area (Å²) < 4.78 is 11.1. The van der Waals surface area contributed by atoms with Gasteiger partial charge in [0.05, 0.1) is 12.2 Å². The maximum absolute atomic E-state index is 13.0. The first-order valence-corrected chi connectivity index (χ1v) is 10.5. The number of para-hydroxylation sites is 1. The van der Waals surface area contributed by atoms with E-state index in [0.29, 0.717) is 48.5 Å². The van der Waals surface area contributed by atoms with Gasteiger partial charge in [-0.15, -0.1) is 0 Å². The fraction of sp³-hybridized carbons (Fsp3) is 0.381. The van der Waals surface area contributed by atoms with Gasteiger partial charge < -0.3 is 14.2 Å². The number of rotatable bonds is 6. The molecule has 4 rings (SSSR count). The summed E-state index contributed by atoms with van der Waals surface area (Å²) in [7, 11) is 0. The van der Waals surface area contributed by atoms with Crippen LogP contribution < -0.4 is 4.74 Å². The summed E-state index contributed by atoms with van der Waals surface area (Å²) in [5.74, 6) is 2.25. The van der Waals surface area contributed by atoms with Gasteiger partial charge in [0.25, 0.3) is 5.91 Å². The first kappa shape index (κ1) is 18.7.